The van der Waals surface area contributed by atoms with E-state index in [0.717, 1.165) is 32.2 Å². The quantitative estimate of drug-likeness (QED) is 0.636. The molecule has 1 saturated heterocycles. The first kappa shape index (κ1) is 13.6. The molecular weight excluding hydrogens is 256 g/mol. The normalized spacial score (nSPS) is 24.9. The van der Waals surface area contributed by atoms with Gasteiger partial charge in [0, 0.05) is 25.7 Å². The average Bonchev–Trinajstić information content (AvgIpc) is 3.10. The van der Waals surface area contributed by atoms with E-state index in [9.17, 15) is 13.2 Å². The summed E-state index contributed by atoms with van der Waals surface area (Å²) in [6, 6.07) is 0.318. The molecular formula is C10H20N4O3S. The lowest BCUT2D eigenvalue weighted by Crippen LogP contribution is -2.48. The third kappa shape index (κ3) is 4.43. The van der Waals surface area contributed by atoms with Crippen LogP contribution in [0.15, 0.2) is 0 Å². The standard InChI is InChI=1S/C10H20N4O3S/c11-18(16,17)12-6-8-2-1-5-14(7-8)10(15)13-9-3-4-9/h8-9,12H,1-7H2,(H,13,15)(H2,11,16,17). The molecule has 1 aliphatic heterocycles. The van der Waals surface area contributed by atoms with Gasteiger partial charge in [-0.15, -0.1) is 0 Å². The summed E-state index contributed by atoms with van der Waals surface area (Å²) in [5.41, 5.74) is 0. The molecule has 7 nitrogen and oxygen atoms in total. The number of amides is 2. The van der Waals surface area contributed by atoms with Crippen LogP contribution in [0.25, 0.3) is 0 Å². The lowest BCUT2D eigenvalue weighted by molar-refractivity contribution is 0.166. The van der Waals surface area contributed by atoms with E-state index in [-0.39, 0.29) is 11.9 Å². The van der Waals surface area contributed by atoms with E-state index in [2.05, 4.69) is 10.0 Å². The van der Waals surface area contributed by atoms with Crippen molar-refractivity contribution in [3.05, 3.63) is 0 Å². The van der Waals surface area contributed by atoms with E-state index in [1.807, 2.05) is 0 Å². The van der Waals surface area contributed by atoms with E-state index in [4.69, 9.17) is 5.14 Å². The van der Waals surface area contributed by atoms with Crippen molar-refractivity contribution in [2.75, 3.05) is 19.6 Å². The lowest BCUT2D eigenvalue weighted by Gasteiger charge is -2.32. The average molecular weight is 276 g/mol. The first-order valence-corrected chi connectivity index (χ1v) is 7.81. The van der Waals surface area contributed by atoms with Crippen LogP contribution < -0.4 is 15.2 Å². The largest absolute Gasteiger partial charge is 0.335 e. The fourth-order valence-electron chi connectivity index (χ4n) is 2.14. The Morgan fingerprint density at radius 2 is 2.06 bits per heavy atom. The summed E-state index contributed by atoms with van der Waals surface area (Å²) >= 11 is 0. The SMILES string of the molecule is NS(=O)(=O)NCC1CCCN(C(=O)NC2CC2)C1. The van der Waals surface area contributed by atoms with Crippen LogP contribution in [0, 0.1) is 5.92 Å². The Morgan fingerprint density at radius 3 is 2.67 bits per heavy atom. The molecule has 0 spiro atoms. The van der Waals surface area contributed by atoms with Gasteiger partial charge in [-0.3, -0.25) is 0 Å². The molecule has 4 N–H and O–H groups in total. The molecule has 0 radical (unpaired) electrons. The van der Waals surface area contributed by atoms with E-state index in [1.54, 1.807) is 4.90 Å². The minimum atomic E-state index is -3.64. The monoisotopic (exact) mass is 276 g/mol. The van der Waals surface area contributed by atoms with Crippen molar-refractivity contribution in [2.24, 2.45) is 11.1 Å². The number of nitrogens with one attached hydrogen (secondary N) is 2. The summed E-state index contributed by atoms with van der Waals surface area (Å²) in [7, 11) is -3.64. The lowest BCUT2D eigenvalue weighted by atomic mass is 9.99. The van der Waals surface area contributed by atoms with Crippen molar-refractivity contribution >= 4 is 16.2 Å². The maximum Gasteiger partial charge on any atom is 0.317 e. The third-order valence-electron chi connectivity index (χ3n) is 3.28. The fourth-order valence-corrected chi connectivity index (χ4v) is 2.61. The second-order valence-corrected chi connectivity index (χ2v) is 6.45. The number of piperidine rings is 1. The van der Waals surface area contributed by atoms with Gasteiger partial charge in [-0.05, 0) is 31.6 Å². The van der Waals surface area contributed by atoms with Crippen molar-refractivity contribution < 1.29 is 13.2 Å². The van der Waals surface area contributed by atoms with Gasteiger partial charge < -0.3 is 10.2 Å². The number of rotatable bonds is 4. The number of likely N-dealkylation sites (tertiary alicyclic amines) is 1. The van der Waals surface area contributed by atoms with Crippen molar-refractivity contribution in [1.29, 1.82) is 0 Å². The van der Waals surface area contributed by atoms with Crippen LogP contribution in [0.1, 0.15) is 25.7 Å². The molecule has 0 aromatic heterocycles. The molecule has 1 saturated carbocycles. The fraction of sp³-hybridized carbons (Fsp3) is 0.900. The number of carbonyl (C=O) groups is 1. The summed E-state index contributed by atoms with van der Waals surface area (Å²) < 4.78 is 23.9. The molecule has 1 unspecified atom stereocenters. The number of nitrogens with zero attached hydrogens (tertiary/aromatic N) is 1. The zero-order valence-corrected chi connectivity index (χ0v) is 11.1. The highest BCUT2D eigenvalue weighted by atomic mass is 32.2. The third-order valence-corrected chi connectivity index (χ3v) is 3.85. The topological polar surface area (TPSA) is 105 Å². The molecule has 1 atom stereocenters. The maximum atomic E-state index is 11.8. The molecule has 8 heteroatoms. The molecule has 0 aromatic rings. The highest BCUT2D eigenvalue weighted by Crippen LogP contribution is 2.21. The highest BCUT2D eigenvalue weighted by molar-refractivity contribution is 7.87. The summed E-state index contributed by atoms with van der Waals surface area (Å²) in [5, 5.41) is 7.83. The molecule has 2 rings (SSSR count). The Hall–Kier alpha value is -0.860. The molecule has 2 fully saturated rings. The van der Waals surface area contributed by atoms with Gasteiger partial charge in [-0.2, -0.15) is 8.42 Å². The van der Waals surface area contributed by atoms with Gasteiger partial charge in [0.25, 0.3) is 10.2 Å². The Bertz CT molecular complexity index is 407. The minimum Gasteiger partial charge on any atom is -0.335 e. The minimum absolute atomic E-state index is 0.0298. The van der Waals surface area contributed by atoms with Gasteiger partial charge >= 0.3 is 6.03 Å². The summed E-state index contributed by atoms with van der Waals surface area (Å²) in [6.07, 6.45) is 3.94. The van der Waals surface area contributed by atoms with Crippen LogP contribution in [0.5, 0.6) is 0 Å². The molecule has 1 heterocycles. The predicted octanol–water partition coefficient (Wildman–Crippen LogP) is -0.636. The number of urea groups is 1. The molecule has 2 amide bonds. The van der Waals surface area contributed by atoms with Gasteiger partial charge in [0.2, 0.25) is 0 Å². The van der Waals surface area contributed by atoms with Gasteiger partial charge in [0.15, 0.2) is 0 Å². The molecule has 18 heavy (non-hydrogen) atoms. The van der Waals surface area contributed by atoms with Crippen LogP contribution in [-0.4, -0.2) is 45.0 Å². The van der Waals surface area contributed by atoms with Crippen LogP contribution in [0.2, 0.25) is 0 Å². The van der Waals surface area contributed by atoms with Crippen molar-refractivity contribution in [2.45, 2.75) is 31.7 Å². The summed E-state index contributed by atoms with van der Waals surface area (Å²) in [5.74, 6) is 0.141. The van der Waals surface area contributed by atoms with Crippen LogP contribution in [0.4, 0.5) is 4.79 Å². The highest BCUT2D eigenvalue weighted by Gasteiger charge is 2.28. The molecule has 104 valence electrons. The van der Waals surface area contributed by atoms with Gasteiger partial charge in [-0.1, -0.05) is 0 Å². The van der Waals surface area contributed by atoms with E-state index >= 15 is 0 Å². The summed E-state index contributed by atoms with van der Waals surface area (Å²) in [6.45, 7) is 1.62. The van der Waals surface area contributed by atoms with Crippen molar-refractivity contribution in [1.82, 2.24) is 14.9 Å². The Balaban J connectivity index is 1.78. The number of carbonyl (C=O) groups excluding carboxylic acids is 1. The van der Waals surface area contributed by atoms with Gasteiger partial charge in [0.05, 0.1) is 0 Å². The number of hydrogen-bond acceptors (Lipinski definition) is 3. The van der Waals surface area contributed by atoms with Gasteiger partial charge in [0.1, 0.15) is 0 Å². The first-order chi connectivity index (χ1) is 8.44. The van der Waals surface area contributed by atoms with E-state index in [0.29, 0.717) is 19.1 Å². The van der Waals surface area contributed by atoms with Crippen LogP contribution in [0.3, 0.4) is 0 Å². The van der Waals surface area contributed by atoms with E-state index < -0.39 is 10.2 Å². The number of nitrogens with two attached hydrogens (primary N) is 1. The number of hydrogen-bond donors (Lipinski definition) is 3. The second-order valence-electron chi connectivity index (χ2n) is 5.07. The molecule has 0 bridgehead atoms. The first-order valence-electron chi connectivity index (χ1n) is 6.27. The van der Waals surface area contributed by atoms with Crippen LogP contribution >= 0.6 is 0 Å². The zero-order chi connectivity index (χ0) is 13.2. The van der Waals surface area contributed by atoms with E-state index in [1.165, 1.54) is 0 Å². The molecule has 2 aliphatic rings. The Labute approximate surface area is 107 Å². The zero-order valence-electron chi connectivity index (χ0n) is 10.3. The summed E-state index contributed by atoms with van der Waals surface area (Å²) in [4.78, 5) is 13.6. The van der Waals surface area contributed by atoms with Crippen LogP contribution in [-0.2, 0) is 10.2 Å². The van der Waals surface area contributed by atoms with Crippen molar-refractivity contribution in [3.63, 3.8) is 0 Å². The van der Waals surface area contributed by atoms with Crippen molar-refractivity contribution in [3.8, 4) is 0 Å². The second kappa shape index (κ2) is 5.41. The van der Waals surface area contributed by atoms with Gasteiger partial charge in [-0.25, -0.2) is 14.7 Å². The molecule has 1 aliphatic carbocycles. The Morgan fingerprint density at radius 1 is 1.33 bits per heavy atom. The predicted molar refractivity (Wildman–Crippen MR) is 67.0 cm³/mol. The molecule has 0 aromatic carbocycles. The Kier molecular flexibility index (Phi) is 4.08. The smallest absolute Gasteiger partial charge is 0.317 e. The maximum absolute atomic E-state index is 11.8.